The van der Waals surface area contributed by atoms with Crippen LogP contribution in [0.3, 0.4) is 0 Å². The molecule has 2 N–H and O–H groups in total. The van der Waals surface area contributed by atoms with Crippen LogP contribution in [0.1, 0.15) is 30.1 Å². The number of nitrogens with one attached hydrogen (secondary N) is 1. The van der Waals surface area contributed by atoms with E-state index in [1.165, 1.54) is 11.8 Å². The van der Waals surface area contributed by atoms with Crippen molar-refractivity contribution in [2.24, 2.45) is 0 Å². The fraction of sp³-hybridized carbons (Fsp3) is 0.357. The Morgan fingerprint density at radius 1 is 1.61 bits per heavy atom. The number of thioether (sulfide) groups is 1. The van der Waals surface area contributed by atoms with E-state index in [0.717, 1.165) is 11.3 Å². The summed E-state index contributed by atoms with van der Waals surface area (Å²) in [6, 6.07) is 5.54. The molecule has 0 aliphatic rings. The molecule has 0 bridgehead atoms. The first kappa shape index (κ1) is 14.5. The van der Waals surface area contributed by atoms with Crippen molar-refractivity contribution in [3.63, 3.8) is 0 Å². The quantitative estimate of drug-likeness (QED) is 0.610. The predicted molar refractivity (Wildman–Crippen MR) is 76.3 cm³/mol. The number of benzene rings is 1. The third-order valence-corrected chi connectivity index (χ3v) is 3.46. The van der Waals surface area contributed by atoms with E-state index < -0.39 is 5.97 Å². The van der Waals surface area contributed by atoms with Crippen molar-refractivity contribution in [2.45, 2.75) is 30.7 Å². The van der Waals surface area contributed by atoms with Gasteiger partial charge in [0.05, 0.1) is 11.3 Å². The standard InChI is InChI=1S/C14H17NO2S/c1-4-7-10(5-2)15-11-8-6-9-12(18-3)13(11)14(16)17/h1,6,8-10,15H,5,7H2,2-3H3,(H,16,17). The van der Waals surface area contributed by atoms with Crippen LogP contribution in [0.25, 0.3) is 0 Å². The number of aromatic carboxylic acids is 1. The van der Waals surface area contributed by atoms with Gasteiger partial charge in [-0.15, -0.1) is 24.1 Å². The van der Waals surface area contributed by atoms with Crippen LogP contribution in [0.4, 0.5) is 5.69 Å². The lowest BCUT2D eigenvalue weighted by atomic mass is 10.1. The molecule has 18 heavy (non-hydrogen) atoms. The summed E-state index contributed by atoms with van der Waals surface area (Å²) < 4.78 is 0. The fourth-order valence-electron chi connectivity index (χ4n) is 1.70. The Morgan fingerprint density at radius 3 is 2.83 bits per heavy atom. The highest BCUT2D eigenvalue weighted by atomic mass is 32.2. The van der Waals surface area contributed by atoms with Crippen molar-refractivity contribution in [1.82, 2.24) is 0 Å². The van der Waals surface area contributed by atoms with Gasteiger partial charge in [0.15, 0.2) is 0 Å². The van der Waals surface area contributed by atoms with Gasteiger partial charge in [-0.3, -0.25) is 0 Å². The molecular weight excluding hydrogens is 246 g/mol. The van der Waals surface area contributed by atoms with Gasteiger partial charge in [0.25, 0.3) is 0 Å². The Morgan fingerprint density at radius 2 is 2.33 bits per heavy atom. The van der Waals surface area contributed by atoms with E-state index in [1.807, 2.05) is 19.2 Å². The maximum absolute atomic E-state index is 11.3. The van der Waals surface area contributed by atoms with Crippen LogP contribution in [-0.2, 0) is 0 Å². The lowest BCUT2D eigenvalue weighted by molar-refractivity contribution is 0.0694. The first-order valence-electron chi connectivity index (χ1n) is 5.74. The molecule has 1 atom stereocenters. The molecule has 0 saturated carbocycles. The number of carboxylic acids is 1. The van der Waals surface area contributed by atoms with Crippen LogP contribution in [0.2, 0.25) is 0 Å². The summed E-state index contributed by atoms with van der Waals surface area (Å²) in [4.78, 5) is 12.1. The van der Waals surface area contributed by atoms with E-state index in [2.05, 4.69) is 11.2 Å². The predicted octanol–water partition coefficient (Wildman–Crippen LogP) is 3.32. The Balaban J connectivity index is 3.08. The van der Waals surface area contributed by atoms with Crippen molar-refractivity contribution < 1.29 is 9.90 Å². The molecule has 0 spiro atoms. The summed E-state index contributed by atoms with van der Waals surface area (Å²) in [5.41, 5.74) is 0.955. The molecule has 96 valence electrons. The second-order valence-corrected chi connectivity index (χ2v) is 4.69. The summed E-state index contributed by atoms with van der Waals surface area (Å²) in [5.74, 6) is 1.68. The summed E-state index contributed by atoms with van der Waals surface area (Å²) in [6.07, 6.45) is 8.60. The first-order chi connectivity index (χ1) is 8.63. The van der Waals surface area contributed by atoms with Crippen LogP contribution in [0, 0.1) is 12.3 Å². The van der Waals surface area contributed by atoms with E-state index in [1.54, 1.807) is 12.1 Å². The fourth-order valence-corrected chi connectivity index (χ4v) is 2.32. The lowest BCUT2D eigenvalue weighted by Crippen LogP contribution is -2.19. The van der Waals surface area contributed by atoms with Gasteiger partial charge in [0, 0.05) is 17.4 Å². The maximum Gasteiger partial charge on any atom is 0.338 e. The first-order valence-corrected chi connectivity index (χ1v) is 6.96. The van der Waals surface area contributed by atoms with E-state index in [4.69, 9.17) is 6.42 Å². The van der Waals surface area contributed by atoms with E-state index in [-0.39, 0.29) is 6.04 Å². The van der Waals surface area contributed by atoms with Gasteiger partial charge in [-0.25, -0.2) is 4.79 Å². The van der Waals surface area contributed by atoms with Crippen molar-refractivity contribution in [3.05, 3.63) is 23.8 Å². The Hall–Kier alpha value is -1.60. The minimum atomic E-state index is -0.919. The average Bonchev–Trinajstić information content (AvgIpc) is 2.37. The SMILES string of the molecule is C#CCC(CC)Nc1cccc(SC)c1C(=O)O. The molecule has 0 fully saturated rings. The van der Waals surface area contributed by atoms with Gasteiger partial charge in [0.1, 0.15) is 0 Å². The maximum atomic E-state index is 11.3. The number of rotatable bonds is 6. The Kier molecular flexibility index (Phi) is 5.60. The van der Waals surface area contributed by atoms with Crippen molar-refractivity contribution >= 4 is 23.4 Å². The van der Waals surface area contributed by atoms with E-state index in [9.17, 15) is 9.90 Å². The largest absolute Gasteiger partial charge is 0.478 e. The zero-order chi connectivity index (χ0) is 13.5. The molecular formula is C14H17NO2S. The van der Waals surface area contributed by atoms with Gasteiger partial charge in [0.2, 0.25) is 0 Å². The molecule has 4 heteroatoms. The normalized spacial score (nSPS) is 11.6. The molecule has 0 aliphatic carbocycles. The highest BCUT2D eigenvalue weighted by Crippen LogP contribution is 2.28. The van der Waals surface area contributed by atoms with Gasteiger partial charge >= 0.3 is 5.97 Å². The lowest BCUT2D eigenvalue weighted by Gasteiger charge is -2.18. The molecule has 0 saturated heterocycles. The van der Waals surface area contributed by atoms with Crippen LogP contribution in [0.5, 0.6) is 0 Å². The van der Waals surface area contributed by atoms with Gasteiger partial charge in [-0.2, -0.15) is 0 Å². The van der Waals surface area contributed by atoms with Crippen molar-refractivity contribution in [1.29, 1.82) is 0 Å². The number of carboxylic acid groups (broad SMARTS) is 1. The number of hydrogen-bond donors (Lipinski definition) is 2. The second-order valence-electron chi connectivity index (χ2n) is 3.85. The van der Waals surface area contributed by atoms with Crippen LogP contribution < -0.4 is 5.32 Å². The number of terminal acetylenes is 1. The van der Waals surface area contributed by atoms with Crippen LogP contribution in [-0.4, -0.2) is 23.4 Å². The Bertz CT molecular complexity index is 465. The Labute approximate surface area is 112 Å². The van der Waals surface area contributed by atoms with E-state index in [0.29, 0.717) is 17.7 Å². The minimum absolute atomic E-state index is 0.102. The summed E-state index contributed by atoms with van der Waals surface area (Å²) in [5, 5.41) is 12.5. The molecule has 1 unspecified atom stereocenters. The van der Waals surface area contributed by atoms with E-state index >= 15 is 0 Å². The molecule has 1 aromatic carbocycles. The summed E-state index contributed by atoms with van der Waals surface area (Å²) in [6.45, 7) is 2.02. The monoisotopic (exact) mass is 263 g/mol. The molecule has 0 aliphatic heterocycles. The topological polar surface area (TPSA) is 49.3 Å². The highest BCUT2D eigenvalue weighted by molar-refractivity contribution is 7.98. The van der Waals surface area contributed by atoms with Crippen LogP contribution in [0.15, 0.2) is 23.1 Å². The van der Waals surface area contributed by atoms with Gasteiger partial charge < -0.3 is 10.4 Å². The number of anilines is 1. The smallest absolute Gasteiger partial charge is 0.338 e. The molecule has 0 heterocycles. The molecule has 0 amide bonds. The van der Waals surface area contributed by atoms with Crippen LogP contribution >= 0.6 is 11.8 Å². The molecule has 0 radical (unpaired) electrons. The molecule has 1 rings (SSSR count). The van der Waals surface area contributed by atoms with Crippen molar-refractivity contribution in [3.8, 4) is 12.3 Å². The highest BCUT2D eigenvalue weighted by Gasteiger charge is 2.16. The zero-order valence-corrected chi connectivity index (χ0v) is 11.4. The second kappa shape index (κ2) is 6.97. The molecule has 1 aromatic rings. The van der Waals surface area contributed by atoms with Gasteiger partial charge in [-0.05, 0) is 24.8 Å². The third kappa shape index (κ3) is 3.44. The third-order valence-electron chi connectivity index (χ3n) is 2.68. The molecule has 3 nitrogen and oxygen atoms in total. The summed E-state index contributed by atoms with van der Waals surface area (Å²) >= 11 is 1.42. The zero-order valence-electron chi connectivity index (χ0n) is 10.6. The number of carbonyl (C=O) groups is 1. The van der Waals surface area contributed by atoms with Gasteiger partial charge in [-0.1, -0.05) is 13.0 Å². The summed E-state index contributed by atoms with van der Waals surface area (Å²) in [7, 11) is 0. The number of hydrogen-bond acceptors (Lipinski definition) is 3. The minimum Gasteiger partial charge on any atom is -0.478 e. The van der Waals surface area contributed by atoms with Crippen molar-refractivity contribution in [2.75, 3.05) is 11.6 Å². The average molecular weight is 263 g/mol. The molecule has 0 aromatic heterocycles.